The van der Waals surface area contributed by atoms with Gasteiger partial charge in [0.2, 0.25) is 0 Å². The second-order valence-corrected chi connectivity index (χ2v) is 7.45. The molecular weight excluding hydrogens is 300 g/mol. The van der Waals surface area contributed by atoms with Crippen LogP contribution in [-0.4, -0.2) is 11.0 Å². The summed E-state index contributed by atoms with van der Waals surface area (Å²) in [6, 6.07) is 20.0. The maximum Gasteiger partial charge on any atom is 0.113 e. The number of hydrogen-bond acceptors (Lipinski definition) is 3. The Morgan fingerprint density at radius 1 is 0.913 bits per heavy atom. The van der Waals surface area contributed by atoms with Crippen LogP contribution in [0.2, 0.25) is 0 Å². The van der Waals surface area contributed by atoms with Gasteiger partial charge in [-0.1, -0.05) is 49.6 Å². The van der Waals surface area contributed by atoms with Crippen LogP contribution in [0.25, 0.3) is 10.2 Å². The molecule has 0 atom stereocenters. The van der Waals surface area contributed by atoms with Gasteiger partial charge in [0.1, 0.15) is 5.01 Å². The highest BCUT2D eigenvalue weighted by molar-refractivity contribution is 7.18. The third-order valence-electron chi connectivity index (χ3n) is 4.75. The van der Waals surface area contributed by atoms with Gasteiger partial charge in [-0.3, -0.25) is 0 Å². The van der Waals surface area contributed by atoms with Crippen molar-refractivity contribution in [3.63, 3.8) is 0 Å². The second kappa shape index (κ2) is 6.71. The van der Waals surface area contributed by atoms with Crippen LogP contribution in [0.5, 0.6) is 0 Å². The minimum absolute atomic E-state index is 0.651. The van der Waals surface area contributed by atoms with Crippen LogP contribution in [0.15, 0.2) is 54.6 Å². The van der Waals surface area contributed by atoms with Gasteiger partial charge in [-0.05, 0) is 37.1 Å². The number of para-hydroxylation sites is 2. The highest BCUT2D eigenvalue weighted by atomic mass is 32.1. The lowest BCUT2D eigenvalue weighted by molar-refractivity contribution is 0.413. The number of rotatable bonds is 4. The molecule has 0 spiro atoms. The zero-order valence-corrected chi connectivity index (χ0v) is 14.1. The van der Waals surface area contributed by atoms with Crippen LogP contribution in [0, 0.1) is 0 Å². The molecule has 2 nitrogen and oxygen atoms in total. The van der Waals surface area contributed by atoms with Gasteiger partial charge in [-0.15, -0.1) is 11.3 Å². The first kappa shape index (κ1) is 14.7. The fourth-order valence-electron chi connectivity index (χ4n) is 3.58. The first-order chi connectivity index (χ1) is 11.4. The third kappa shape index (κ3) is 3.25. The standard InChI is InChI=1S/C20H22N2S/c1-3-9-16(10-4-1)22(17-11-5-2-6-12-17)15-20-21-18-13-7-8-14-19(18)23-20/h1,3-4,7-10,13-14,17H,2,5-6,11-12,15H2. The van der Waals surface area contributed by atoms with E-state index in [-0.39, 0.29) is 0 Å². The van der Waals surface area contributed by atoms with Crippen LogP contribution in [-0.2, 0) is 6.54 Å². The maximum atomic E-state index is 4.85. The monoisotopic (exact) mass is 322 g/mol. The molecular formula is C20H22N2S. The molecule has 118 valence electrons. The molecule has 1 heterocycles. The van der Waals surface area contributed by atoms with Crippen LogP contribution >= 0.6 is 11.3 Å². The molecule has 1 saturated carbocycles. The van der Waals surface area contributed by atoms with E-state index in [0.29, 0.717) is 6.04 Å². The Bertz CT molecular complexity index is 726. The summed E-state index contributed by atoms with van der Waals surface area (Å²) in [5.41, 5.74) is 2.46. The molecule has 0 bridgehead atoms. The molecule has 0 saturated heterocycles. The molecule has 1 fully saturated rings. The minimum atomic E-state index is 0.651. The number of fused-ring (bicyclic) bond motifs is 1. The van der Waals surface area contributed by atoms with Gasteiger partial charge >= 0.3 is 0 Å². The molecule has 0 N–H and O–H groups in total. The maximum absolute atomic E-state index is 4.85. The summed E-state index contributed by atoms with van der Waals surface area (Å²) in [5.74, 6) is 0. The van der Waals surface area contributed by atoms with E-state index in [0.717, 1.165) is 12.1 Å². The molecule has 4 rings (SSSR count). The predicted octanol–water partition coefficient (Wildman–Crippen LogP) is 5.64. The lowest BCUT2D eigenvalue weighted by Gasteiger charge is -2.35. The summed E-state index contributed by atoms with van der Waals surface area (Å²) in [6.07, 6.45) is 6.71. The van der Waals surface area contributed by atoms with Gasteiger partial charge in [-0.25, -0.2) is 4.98 Å². The Morgan fingerprint density at radius 3 is 2.43 bits per heavy atom. The van der Waals surface area contributed by atoms with Crippen molar-refractivity contribution in [2.24, 2.45) is 0 Å². The molecule has 3 aromatic rings. The normalized spacial score (nSPS) is 15.8. The number of hydrogen-bond donors (Lipinski definition) is 0. The summed E-state index contributed by atoms with van der Waals surface area (Å²) in [4.78, 5) is 7.43. The molecule has 0 radical (unpaired) electrons. The van der Waals surface area contributed by atoms with Gasteiger partial charge in [0.25, 0.3) is 0 Å². The van der Waals surface area contributed by atoms with Gasteiger partial charge < -0.3 is 4.90 Å². The minimum Gasteiger partial charge on any atom is -0.362 e. The number of aromatic nitrogens is 1. The predicted molar refractivity (Wildman–Crippen MR) is 99.1 cm³/mol. The van der Waals surface area contributed by atoms with E-state index in [1.807, 2.05) is 11.3 Å². The molecule has 3 heteroatoms. The van der Waals surface area contributed by atoms with Crippen molar-refractivity contribution in [1.82, 2.24) is 4.98 Å². The summed E-state index contributed by atoms with van der Waals surface area (Å²) in [7, 11) is 0. The first-order valence-corrected chi connectivity index (χ1v) is 9.38. The first-order valence-electron chi connectivity index (χ1n) is 8.56. The lowest BCUT2D eigenvalue weighted by Crippen LogP contribution is -2.36. The molecule has 0 aliphatic heterocycles. The Balaban J connectivity index is 1.64. The summed E-state index contributed by atoms with van der Waals surface area (Å²) in [5, 5.41) is 1.22. The number of thiazole rings is 1. The van der Waals surface area contributed by atoms with Crippen molar-refractivity contribution in [3.8, 4) is 0 Å². The largest absolute Gasteiger partial charge is 0.362 e. The third-order valence-corrected chi connectivity index (χ3v) is 5.77. The smallest absolute Gasteiger partial charge is 0.113 e. The summed E-state index contributed by atoms with van der Waals surface area (Å²) >= 11 is 1.83. The topological polar surface area (TPSA) is 16.1 Å². The number of anilines is 1. The van der Waals surface area contributed by atoms with Crippen LogP contribution in [0.4, 0.5) is 5.69 Å². The average Bonchev–Trinajstić information content (AvgIpc) is 3.04. The van der Waals surface area contributed by atoms with E-state index in [4.69, 9.17) is 4.98 Å². The molecule has 1 aliphatic carbocycles. The second-order valence-electron chi connectivity index (χ2n) is 6.33. The van der Waals surface area contributed by atoms with Crippen LogP contribution in [0.3, 0.4) is 0 Å². The fourth-order valence-corrected chi connectivity index (χ4v) is 4.54. The summed E-state index contributed by atoms with van der Waals surface area (Å²) in [6.45, 7) is 0.925. The highest BCUT2D eigenvalue weighted by Crippen LogP contribution is 2.30. The highest BCUT2D eigenvalue weighted by Gasteiger charge is 2.22. The van der Waals surface area contributed by atoms with Crippen LogP contribution in [0.1, 0.15) is 37.1 Å². The van der Waals surface area contributed by atoms with Crippen molar-refractivity contribution < 1.29 is 0 Å². The van der Waals surface area contributed by atoms with Crippen molar-refractivity contribution in [3.05, 3.63) is 59.6 Å². The SMILES string of the molecule is c1ccc(N(Cc2nc3ccccc3s2)C2CCCCC2)cc1. The van der Waals surface area contributed by atoms with Gasteiger partial charge in [0.15, 0.2) is 0 Å². The van der Waals surface area contributed by atoms with Crippen molar-refractivity contribution in [2.45, 2.75) is 44.7 Å². The molecule has 0 unspecified atom stereocenters. The Kier molecular flexibility index (Phi) is 4.29. The number of nitrogens with zero attached hydrogens (tertiary/aromatic N) is 2. The quantitative estimate of drug-likeness (QED) is 0.618. The fraction of sp³-hybridized carbons (Fsp3) is 0.350. The van der Waals surface area contributed by atoms with E-state index in [1.54, 1.807) is 0 Å². The molecule has 1 aromatic heterocycles. The molecule has 1 aliphatic rings. The van der Waals surface area contributed by atoms with Gasteiger partial charge in [-0.2, -0.15) is 0 Å². The van der Waals surface area contributed by atoms with E-state index in [9.17, 15) is 0 Å². The average molecular weight is 322 g/mol. The Labute approximate surface area is 141 Å². The van der Waals surface area contributed by atoms with Gasteiger partial charge in [0.05, 0.1) is 16.8 Å². The van der Waals surface area contributed by atoms with Crippen molar-refractivity contribution in [1.29, 1.82) is 0 Å². The number of benzene rings is 2. The Morgan fingerprint density at radius 2 is 1.65 bits per heavy atom. The summed E-state index contributed by atoms with van der Waals surface area (Å²) < 4.78 is 1.29. The van der Waals surface area contributed by atoms with E-state index in [2.05, 4.69) is 59.5 Å². The zero-order chi connectivity index (χ0) is 15.5. The van der Waals surface area contributed by atoms with Crippen molar-refractivity contribution in [2.75, 3.05) is 4.90 Å². The van der Waals surface area contributed by atoms with Crippen molar-refractivity contribution >= 4 is 27.2 Å². The van der Waals surface area contributed by atoms with E-state index < -0.39 is 0 Å². The zero-order valence-electron chi connectivity index (χ0n) is 13.3. The van der Waals surface area contributed by atoms with Gasteiger partial charge in [0, 0.05) is 11.7 Å². The molecule has 2 aromatic carbocycles. The van der Waals surface area contributed by atoms with E-state index in [1.165, 1.54) is 47.5 Å². The Hall–Kier alpha value is -1.87. The molecule has 0 amide bonds. The van der Waals surface area contributed by atoms with E-state index >= 15 is 0 Å². The van der Waals surface area contributed by atoms with Crippen LogP contribution < -0.4 is 4.90 Å². The lowest BCUT2D eigenvalue weighted by atomic mass is 9.94. The molecule has 23 heavy (non-hydrogen) atoms.